The van der Waals surface area contributed by atoms with Gasteiger partial charge in [0.2, 0.25) is 5.83 Å². The maximum absolute atomic E-state index is 12.4. The second kappa shape index (κ2) is 3.30. The quantitative estimate of drug-likeness (QED) is 0.694. The minimum absolute atomic E-state index is 0.579. The van der Waals surface area contributed by atoms with E-state index >= 15 is 0 Å². The van der Waals surface area contributed by atoms with Gasteiger partial charge in [0, 0.05) is 0 Å². The highest BCUT2D eigenvalue weighted by molar-refractivity contribution is 7.08. The van der Waals surface area contributed by atoms with Crippen LogP contribution < -0.4 is 0 Å². The largest absolute Gasteiger partial charge is 0.476 e. The molecule has 2 nitrogen and oxygen atoms in total. The fourth-order valence-corrected chi connectivity index (χ4v) is 1.18. The van der Waals surface area contributed by atoms with Crippen molar-refractivity contribution in [2.75, 3.05) is 0 Å². The number of halogens is 1. The van der Waals surface area contributed by atoms with Crippen molar-refractivity contribution in [2.24, 2.45) is 0 Å². The molecule has 1 heterocycles. The molecular weight excluding hydrogens is 167 g/mol. The van der Waals surface area contributed by atoms with Gasteiger partial charge >= 0.3 is 5.97 Å². The highest BCUT2D eigenvalue weighted by Gasteiger charge is 2.04. The first kappa shape index (κ1) is 7.94. The second-order valence-corrected chi connectivity index (χ2v) is 2.63. The van der Waals surface area contributed by atoms with Crippen molar-refractivity contribution < 1.29 is 14.3 Å². The van der Waals surface area contributed by atoms with Gasteiger partial charge in [-0.15, -0.1) is 0 Å². The van der Waals surface area contributed by atoms with E-state index in [4.69, 9.17) is 5.11 Å². The Morgan fingerprint density at radius 3 is 2.91 bits per heavy atom. The van der Waals surface area contributed by atoms with Crippen LogP contribution in [-0.4, -0.2) is 11.1 Å². The van der Waals surface area contributed by atoms with Gasteiger partial charge in [-0.2, -0.15) is 15.7 Å². The van der Waals surface area contributed by atoms with Crippen LogP contribution >= 0.6 is 11.3 Å². The van der Waals surface area contributed by atoms with Crippen LogP contribution in [-0.2, 0) is 4.79 Å². The Balaban J connectivity index is 2.82. The number of carbonyl (C=O) groups is 1. The number of carboxylic acid groups (broad SMARTS) is 1. The number of rotatable bonds is 2. The fourth-order valence-electron chi connectivity index (χ4n) is 0.565. The van der Waals surface area contributed by atoms with Crippen molar-refractivity contribution in [3.05, 3.63) is 28.2 Å². The normalized spacial score (nSPS) is 11.5. The van der Waals surface area contributed by atoms with Crippen LogP contribution in [0.3, 0.4) is 0 Å². The third kappa shape index (κ3) is 2.16. The monoisotopic (exact) mass is 172 g/mol. The molecule has 1 aromatic heterocycles. The summed E-state index contributed by atoms with van der Waals surface area (Å²) < 4.78 is 12.4. The average molecular weight is 172 g/mol. The minimum atomic E-state index is -1.53. The van der Waals surface area contributed by atoms with Gasteiger partial charge in [-0.05, 0) is 28.5 Å². The second-order valence-electron chi connectivity index (χ2n) is 1.85. The van der Waals surface area contributed by atoms with E-state index in [9.17, 15) is 9.18 Å². The van der Waals surface area contributed by atoms with E-state index in [2.05, 4.69) is 0 Å². The van der Waals surface area contributed by atoms with Gasteiger partial charge in [-0.25, -0.2) is 4.79 Å². The van der Waals surface area contributed by atoms with Crippen molar-refractivity contribution in [3.63, 3.8) is 0 Å². The third-order valence-electron chi connectivity index (χ3n) is 1.04. The average Bonchev–Trinajstić information content (AvgIpc) is 2.39. The molecule has 0 radical (unpaired) electrons. The SMILES string of the molecule is O=C(O)/C(F)=C/c1ccsc1. The molecule has 4 heteroatoms. The smallest absolute Gasteiger partial charge is 0.364 e. The number of thiophene rings is 1. The Bertz CT molecular complexity index is 277. The highest BCUT2D eigenvalue weighted by atomic mass is 32.1. The van der Waals surface area contributed by atoms with Crippen molar-refractivity contribution in [1.29, 1.82) is 0 Å². The lowest BCUT2D eigenvalue weighted by Gasteiger charge is -1.85. The molecule has 0 bridgehead atoms. The summed E-state index contributed by atoms with van der Waals surface area (Å²) in [6, 6.07) is 1.65. The number of hydrogen-bond donors (Lipinski definition) is 1. The first-order valence-electron chi connectivity index (χ1n) is 2.83. The summed E-state index contributed by atoms with van der Waals surface area (Å²) in [5.74, 6) is -2.67. The Morgan fingerprint density at radius 2 is 2.45 bits per heavy atom. The van der Waals surface area contributed by atoms with Crippen LogP contribution in [0, 0.1) is 0 Å². The molecule has 0 unspecified atom stereocenters. The van der Waals surface area contributed by atoms with Gasteiger partial charge in [0.05, 0.1) is 0 Å². The lowest BCUT2D eigenvalue weighted by Crippen LogP contribution is -1.93. The summed E-state index contributed by atoms with van der Waals surface area (Å²) in [4.78, 5) is 9.99. The molecular formula is C7H5FO2S. The first-order chi connectivity index (χ1) is 5.20. The molecule has 0 aliphatic carbocycles. The van der Waals surface area contributed by atoms with Crippen molar-refractivity contribution in [1.82, 2.24) is 0 Å². The first-order valence-corrected chi connectivity index (χ1v) is 3.77. The molecule has 1 N–H and O–H groups in total. The lowest BCUT2D eigenvalue weighted by molar-refractivity contribution is -0.134. The Kier molecular flexibility index (Phi) is 2.38. The van der Waals surface area contributed by atoms with Crippen LogP contribution in [0.1, 0.15) is 5.56 Å². The molecule has 0 aromatic carbocycles. The summed E-state index contributed by atoms with van der Waals surface area (Å²) in [7, 11) is 0. The standard InChI is InChI=1S/C7H5FO2S/c8-6(7(9)10)3-5-1-2-11-4-5/h1-4H,(H,9,10)/b6-3-. The van der Waals surface area contributed by atoms with Gasteiger partial charge < -0.3 is 5.11 Å². The lowest BCUT2D eigenvalue weighted by atomic mass is 10.3. The number of aliphatic carboxylic acids is 1. The molecule has 0 saturated carbocycles. The maximum atomic E-state index is 12.4. The van der Waals surface area contributed by atoms with Crippen LogP contribution in [0.2, 0.25) is 0 Å². The molecule has 0 fully saturated rings. The van der Waals surface area contributed by atoms with E-state index in [1.54, 1.807) is 16.8 Å². The van der Waals surface area contributed by atoms with Crippen molar-refractivity contribution in [2.45, 2.75) is 0 Å². The van der Waals surface area contributed by atoms with E-state index in [1.165, 1.54) is 11.3 Å². The van der Waals surface area contributed by atoms with E-state index in [0.717, 1.165) is 6.08 Å². The van der Waals surface area contributed by atoms with Crippen LogP contribution in [0.4, 0.5) is 4.39 Å². The molecule has 1 rings (SSSR count). The number of hydrogen-bond acceptors (Lipinski definition) is 2. The van der Waals surface area contributed by atoms with E-state index in [-0.39, 0.29) is 0 Å². The molecule has 0 spiro atoms. The summed E-state index contributed by atoms with van der Waals surface area (Å²) in [5.41, 5.74) is 0.579. The zero-order valence-electron chi connectivity index (χ0n) is 5.45. The molecule has 0 atom stereocenters. The zero-order chi connectivity index (χ0) is 8.27. The van der Waals surface area contributed by atoms with Gasteiger partial charge in [-0.1, -0.05) is 0 Å². The maximum Gasteiger partial charge on any atom is 0.364 e. The molecule has 0 amide bonds. The Hall–Kier alpha value is -1.16. The summed E-state index contributed by atoms with van der Waals surface area (Å²) >= 11 is 1.39. The fraction of sp³-hybridized carbons (Fsp3) is 0. The summed E-state index contributed by atoms with van der Waals surface area (Å²) in [5, 5.41) is 11.6. The van der Waals surface area contributed by atoms with Gasteiger partial charge in [-0.3, -0.25) is 0 Å². The van der Waals surface area contributed by atoms with Crippen LogP contribution in [0.15, 0.2) is 22.7 Å². The van der Waals surface area contributed by atoms with E-state index < -0.39 is 11.8 Å². The highest BCUT2D eigenvalue weighted by Crippen LogP contribution is 2.11. The Labute approximate surface area is 66.6 Å². The van der Waals surface area contributed by atoms with Crippen LogP contribution in [0.25, 0.3) is 6.08 Å². The molecule has 58 valence electrons. The molecule has 1 aromatic rings. The molecule has 0 aliphatic heterocycles. The van der Waals surface area contributed by atoms with Crippen molar-refractivity contribution in [3.8, 4) is 0 Å². The molecule has 0 saturated heterocycles. The predicted octanol–water partition coefficient (Wildman–Crippen LogP) is 2.14. The van der Waals surface area contributed by atoms with Gasteiger partial charge in [0.15, 0.2) is 0 Å². The minimum Gasteiger partial charge on any atom is -0.476 e. The van der Waals surface area contributed by atoms with E-state index in [0.29, 0.717) is 5.56 Å². The third-order valence-corrected chi connectivity index (χ3v) is 1.74. The van der Waals surface area contributed by atoms with Crippen LogP contribution in [0.5, 0.6) is 0 Å². The zero-order valence-corrected chi connectivity index (χ0v) is 6.27. The Morgan fingerprint density at radius 1 is 1.73 bits per heavy atom. The predicted molar refractivity (Wildman–Crippen MR) is 41.0 cm³/mol. The van der Waals surface area contributed by atoms with Crippen molar-refractivity contribution >= 4 is 23.4 Å². The van der Waals surface area contributed by atoms with Gasteiger partial charge in [0.1, 0.15) is 0 Å². The number of carboxylic acids is 1. The summed E-state index contributed by atoms with van der Waals surface area (Å²) in [6.07, 6.45) is 0.985. The topological polar surface area (TPSA) is 37.3 Å². The molecule has 11 heavy (non-hydrogen) atoms. The van der Waals surface area contributed by atoms with E-state index in [1.807, 2.05) is 0 Å². The molecule has 0 aliphatic rings. The summed E-state index contributed by atoms with van der Waals surface area (Å²) in [6.45, 7) is 0. The van der Waals surface area contributed by atoms with Gasteiger partial charge in [0.25, 0.3) is 0 Å².